The Morgan fingerprint density at radius 1 is 1.00 bits per heavy atom. The van der Waals surface area contributed by atoms with Gasteiger partial charge in [0.1, 0.15) is 0 Å². The van der Waals surface area contributed by atoms with Gasteiger partial charge in [-0.15, -0.1) is 0 Å². The molecule has 0 bridgehead atoms. The van der Waals surface area contributed by atoms with Crippen LogP contribution in [0.25, 0.3) is 0 Å². The van der Waals surface area contributed by atoms with Crippen LogP contribution in [0.1, 0.15) is 31.8 Å². The molecule has 2 aromatic rings. The lowest BCUT2D eigenvalue weighted by molar-refractivity contribution is 0.0827. The third-order valence-corrected chi connectivity index (χ3v) is 5.75. The normalized spacial score (nSPS) is 11.1. The summed E-state index contributed by atoms with van der Waals surface area (Å²) >= 11 is 0. The van der Waals surface area contributed by atoms with E-state index >= 15 is 0 Å². The Morgan fingerprint density at radius 3 is 2.26 bits per heavy atom. The number of nitrogens with zero attached hydrogens (tertiary/aromatic N) is 1. The van der Waals surface area contributed by atoms with E-state index in [0.717, 1.165) is 0 Å². The van der Waals surface area contributed by atoms with E-state index in [-0.39, 0.29) is 16.4 Å². The lowest BCUT2D eigenvalue weighted by atomic mass is 10.1. The quantitative estimate of drug-likeness (QED) is 0.819. The average molecular weight is 389 g/mol. The van der Waals surface area contributed by atoms with Crippen LogP contribution >= 0.6 is 0 Å². The van der Waals surface area contributed by atoms with Crippen LogP contribution in [0.15, 0.2) is 41.3 Å². The molecule has 8 heteroatoms. The maximum absolute atomic E-state index is 12.6. The van der Waals surface area contributed by atoms with E-state index in [4.69, 9.17) is 0 Å². The van der Waals surface area contributed by atoms with Crippen LogP contribution < -0.4 is 10.0 Å². The fraction of sp³-hybridized carbons (Fsp3) is 0.263. The van der Waals surface area contributed by atoms with Gasteiger partial charge in [0.2, 0.25) is 10.0 Å². The molecule has 0 heterocycles. The second kappa shape index (κ2) is 7.89. The molecular formula is C19H23N3O4S. The summed E-state index contributed by atoms with van der Waals surface area (Å²) in [6.45, 7) is 3.44. The second-order valence-corrected chi connectivity index (χ2v) is 8.21. The predicted molar refractivity (Wildman–Crippen MR) is 105 cm³/mol. The Balaban J connectivity index is 2.37. The summed E-state index contributed by atoms with van der Waals surface area (Å²) in [5.41, 5.74) is 2.38. The summed E-state index contributed by atoms with van der Waals surface area (Å²) in [4.78, 5) is 26.2. The predicted octanol–water partition coefficient (Wildman–Crippen LogP) is 2.17. The van der Waals surface area contributed by atoms with Gasteiger partial charge in [0.05, 0.1) is 4.90 Å². The molecule has 0 aromatic heterocycles. The van der Waals surface area contributed by atoms with Gasteiger partial charge in [-0.2, -0.15) is 0 Å². The molecule has 0 aliphatic rings. The maximum atomic E-state index is 12.6. The van der Waals surface area contributed by atoms with Crippen LogP contribution in [0.2, 0.25) is 0 Å². The number of carbonyl (C=O) groups excluding carboxylic acids is 2. The average Bonchev–Trinajstić information content (AvgIpc) is 2.63. The molecular weight excluding hydrogens is 366 g/mol. The summed E-state index contributed by atoms with van der Waals surface area (Å²) in [6, 6.07) is 9.55. The highest BCUT2D eigenvalue weighted by Gasteiger charge is 2.19. The van der Waals surface area contributed by atoms with Crippen LogP contribution in [0.4, 0.5) is 5.69 Å². The van der Waals surface area contributed by atoms with Crippen molar-refractivity contribution in [1.82, 2.24) is 9.62 Å². The lowest BCUT2D eigenvalue weighted by Crippen LogP contribution is -2.22. The Hall–Kier alpha value is -2.71. The highest BCUT2D eigenvalue weighted by molar-refractivity contribution is 7.89. The highest BCUT2D eigenvalue weighted by atomic mass is 32.2. The van der Waals surface area contributed by atoms with Crippen LogP contribution in [-0.4, -0.2) is 46.3 Å². The molecule has 0 fully saturated rings. The monoisotopic (exact) mass is 389 g/mol. The van der Waals surface area contributed by atoms with E-state index in [2.05, 4.69) is 10.0 Å². The molecule has 0 aliphatic carbocycles. The molecule has 0 saturated heterocycles. The number of anilines is 1. The highest BCUT2D eigenvalue weighted by Crippen LogP contribution is 2.22. The van der Waals surface area contributed by atoms with Crippen molar-refractivity contribution in [3.05, 3.63) is 58.7 Å². The number of carbonyl (C=O) groups is 2. The van der Waals surface area contributed by atoms with Gasteiger partial charge in [-0.25, -0.2) is 13.1 Å². The van der Waals surface area contributed by atoms with Gasteiger partial charge in [-0.1, -0.05) is 6.07 Å². The van der Waals surface area contributed by atoms with E-state index < -0.39 is 15.9 Å². The maximum Gasteiger partial charge on any atom is 0.255 e. The molecule has 144 valence electrons. The molecule has 2 aromatic carbocycles. The lowest BCUT2D eigenvalue weighted by Gasteiger charge is -2.14. The van der Waals surface area contributed by atoms with Crippen LogP contribution in [0.3, 0.4) is 0 Å². The first-order chi connectivity index (χ1) is 12.6. The summed E-state index contributed by atoms with van der Waals surface area (Å²) in [5.74, 6) is -0.639. The molecule has 0 unspecified atom stereocenters. The first-order valence-corrected chi connectivity index (χ1v) is 9.73. The number of rotatable bonds is 5. The fourth-order valence-corrected chi connectivity index (χ4v) is 3.60. The van der Waals surface area contributed by atoms with Gasteiger partial charge in [0.15, 0.2) is 0 Å². The minimum atomic E-state index is -3.69. The van der Waals surface area contributed by atoms with Gasteiger partial charge in [0.25, 0.3) is 11.8 Å². The zero-order chi connectivity index (χ0) is 20.4. The van der Waals surface area contributed by atoms with Gasteiger partial charge >= 0.3 is 0 Å². The first-order valence-electron chi connectivity index (χ1n) is 8.24. The molecule has 0 radical (unpaired) electrons. The minimum Gasteiger partial charge on any atom is -0.345 e. The minimum absolute atomic E-state index is 0.0617. The van der Waals surface area contributed by atoms with E-state index in [1.807, 2.05) is 0 Å². The number of hydrogen-bond donors (Lipinski definition) is 2. The van der Waals surface area contributed by atoms with Crippen LogP contribution in [0, 0.1) is 13.8 Å². The Labute approximate surface area is 159 Å². The molecule has 2 amide bonds. The van der Waals surface area contributed by atoms with Gasteiger partial charge in [-0.05, 0) is 62.4 Å². The SMILES string of the molecule is CNS(=O)(=O)c1cc(C(=O)Nc2cccc(C(=O)N(C)C)c2)cc(C)c1C. The summed E-state index contributed by atoms with van der Waals surface area (Å²) in [7, 11) is 0.926. The summed E-state index contributed by atoms with van der Waals surface area (Å²) in [5, 5.41) is 2.71. The van der Waals surface area contributed by atoms with E-state index in [1.165, 1.54) is 18.0 Å². The van der Waals surface area contributed by atoms with Crippen molar-refractivity contribution in [2.45, 2.75) is 18.7 Å². The third-order valence-electron chi connectivity index (χ3n) is 4.21. The van der Waals surface area contributed by atoms with Crippen molar-refractivity contribution < 1.29 is 18.0 Å². The number of nitrogens with one attached hydrogen (secondary N) is 2. The fourth-order valence-electron chi connectivity index (χ4n) is 2.54. The molecule has 0 saturated carbocycles. The summed E-state index contributed by atoms with van der Waals surface area (Å²) in [6.07, 6.45) is 0. The molecule has 2 rings (SSSR count). The largest absolute Gasteiger partial charge is 0.345 e. The molecule has 0 spiro atoms. The Morgan fingerprint density at radius 2 is 1.67 bits per heavy atom. The Kier molecular flexibility index (Phi) is 6.02. The summed E-state index contributed by atoms with van der Waals surface area (Å²) < 4.78 is 26.7. The van der Waals surface area contributed by atoms with Crippen molar-refractivity contribution in [2.75, 3.05) is 26.5 Å². The van der Waals surface area contributed by atoms with Crippen molar-refractivity contribution >= 4 is 27.5 Å². The van der Waals surface area contributed by atoms with E-state index in [0.29, 0.717) is 22.4 Å². The van der Waals surface area contributed by atoms with Gasteiger partial charge in [0, 0.05) is 30.9 Å². The number of sulfonamides is 1. The van der Waals surface area contributed by atoms with Crippen LogP contribution in [0.5, 0.6) is 0 Å². The number of benzene rings is 2. The first kappa shape index (κ1) is 20.6. The van der Waals surface area contributed by atoms with Crippen molar-refractivity contribution in [3.63, 3.8) is 0 Å². The topological polar surface area (TPSA) is 95.6 Å². The zero-order valence-corrected chi connectivity index (χ0v) is 16.8. The Bertz CT molecular complexity index is 998. The molecule has 7 nitrogen and oxygen atoms in total. The number of amides is 2. The van der Waals surface area contributed by atoms with Gasteiger partial charge in [-0.3, -0.25) is 9.59 Å². The molecule has 2 N–H and O–H groups in total. The zero-order valence-electron chi connectivity index (χ0n) is 16.0. The third kappa shape index (κ3) is 4.53. The van der Waals surface area contributed by atoms with Gasteiger partial charge < -0.3 is 10.2 Å². The van der Waals surface area contributed by atoms with Crippen molar-refractivity contribution in [2.24, 2.45) is 0 Å². The number of aryl methyl sites for hydroxylation is 1. The molecule has 27 heavy (non-hydrogen) atoms. The molecule has 0 aliphatic heterocycles. The second-order valence-electron chi connectivity index (χ2n) is 6.36. The number of hydrogen-bond acceptors (Lipinski definition) is 4. The standard InChI is InChI=1S/C19H23N3O4S/c1-12-9-15(11-17(13(12)2)27(25,26)20-3)18(23)21-16-8-6-7-14(10-16)19(24)22(4)5/h6-11,20H,1-5H3,(H,21,23). The van der Waals surface area contributed by atoms with E-state index in [1.54, 1.807) is 58.3 Å². The van der Waals surface area contributed by atoms with Crippen molar-refractivity contribution in [1.29, 1.82) is 0 Å². The molecule has 0 atom stereocenters. The smallest absolute Gasteiger partial charge is 0.255 e. The van der Waals surface area contributed by atoms with Crippen LogP contribution in [-0.2, 0) is 10.0 Å². The van der Waals surface area contributed by atoms with Crippen molar-refractivity contribution in [3.8, 4) is 0 Å². The van der Waals surface area contributed by atoms with E-state index in [9.17, 15) is 18.0 Å².